The van der Waals surface area contributed by atoms with Gasteiger partial charge in [-0.05, 0) is 61.9 Å². The lowest BCUT2D eigenvalue weighted by molar-refractivity contribution is -0.138. The van der Waals surface area contributed by atoms with Crippen molar-refractivity contribution in [2.45, 2.75) is 50.2 Å². The Morgan fingerprint density at radius 2 is 1.67 bits per heavy atom. The van der Waals surface area contributed by atoms with Crippen LogP contribution in [0.5, 0.6) is 0 Å². The Labute approximate surface area is 227 Å². The van der Waals surface area contributed by atoms with Gasteiger partial charge in [0, 0.05) is 60.3 Å². The van der Waals surface area contributed by atoms with Crippen molar-refractivity contribution in [1.29, 1.82) is 0 Å². The molecular weight excluding hydrogens is 520 g/mol. The van der Waals surface area contributed by atoms with Crippen molar-refractivity contribution in [2.75, 3.05) is 26.2 Å². The number of fused-ring (bicyclic) bond motifs is 1. The number of aromatic amines is 1. The van der Waals surface area contributed by atoms with Gasteiger partial charge in [0.25, 0.3) is 0 Å². The summed E-state index contributed by atoms with van der Waals surface area (Å²) in [6.07, 6.45) is 1.37. The molecule has 1 aliphatic heterocycles. The molecular formula is C28H34N4O6S. The molecule has 10 nitrogen and oxygen atoms in total. The summed E-state index contributed by atoms with van der Waals surface area (Å²) in [5.41, 5.74) is 4.43. The number of H-pyrrole nitrogens is 1. The van der Waals surface area contributed by atoms with Gasteiger partial charge in [0.2, 0.25) is 15.9 Å². The predicted octanol–water partition coefficient (Wildman–Crippen LogP) is 3.29. The van der Waals surface area contributed by atoms with E-state index in [9.17, 15) is 23.1 Å². The Hall–Kier alpha value is -3.41. The van der Waals surface area contributed by atoms with Crippen molar-refractivity contribution in [3.63, 3.8) is 0 Å². The van der Waals surface area contributed by atoms with Gasteiger partial charge in [-0.25, -0.2) is 17.9 Å². The molecule has 4 N–H and O–H groups in total. The Bertz CT molecular complexity index is 1480. The lowest BCUT2D eigenvalue weighted by Gasteiger charge is -2.37. The van der Waals surface area contributed by atoms with E-state index in [1.54, 1.807) is 23.1 Å². The largest absolute Gasteiger partial charge is 0.465 e. The van der Waals surface area contributed by atoms with Gasteiger partial charge in [0.1, 0.15) is 0 Å². The number of aliphatic hydroxyl groups is 1. The average Bonchev–Trinajstić information content (AvgIpc) is 3.36. The number of hydrogen-bond acceptors (Lipinski definition) is 5. The molecule has 0 radical (unpaired) electrons. The van der Waals surface area contributed by atoms with Gasteiger partial charge in [-0.3, -0.25) is 4.79 Å². The molecule has 0 spiro atoms. The number of benzene rings is 2. The zero-order chi connectivity index (χ0) is 27.7. The summed E-state index contributed by atoms with van der Waals surface area (Å²) in [6.45, 7) is 3.38. The summed E-state index contributed by atoms with van der Waals surface area (Å²) in [6, 6.07) is 12.5. The van der Waals surface area contributed by atoms with Gasteiger partial charge >= 0.3 is 6.09 Å². The number of carbonyl (C=O) groups is 2. The number of hydrogen-bond donors (Lipinski definition) is 4. The first-order valence-electron chi connectivity index (χ1n) is 13.3. The monoisotopic (exact) mass is 554 g/mol. The molecule has 1 aliphatic carbocycles. The maximum atomic E-state index is 13.2. The molecule has 3 aromatic rings. The maximum absolute atomic E-state index is 13.2. The second kappa shape index (κ2) is 11.0. The van der Waals surface area contributed by atoms with E-state index in [-0.39, 0.29) is 29.4 Å². The molecule has 0 bridgehead atoms. The summed E-state index contributed by atoms with van der Waals surface area (Å²) in [5.74, 6) is -0.124. The molecule has 1 aromatic heterocycles. The Morgan fingerprint density at radius 1 is 0.974 bits per heavy atom. The number of carboxylic acid groups (broad SMARTS) is 1. The number of aromatic nitrogens is 1. The van der Waals surface area contributed by atoms with Crippen LogP contribution in [-0.4, -0.2) is 77.6 Å². The highest BCUT2D eigenvalue weighted by atomic mass is 32.2. The second-order valence-corrected chi connectivity index (χ2v) is 12.2. The van der Waals surface area contributed by atoms with Gasteiger partial charge in [-0.15, -0.1) is 0 Å². The molecule has 2 fully saturated rings. The predicted molar refractivity (Wildman–Crippen MR) is 147 cm³/mol. The fraction of sp³-hybridized carbons (Fsp3) is 0.429. The second-order valence-electron chi connectivity index (χ2n) is 10.5. The SMILES string of the molecule is Cc1cc(CO)ccc1-c1cc2ccc(S(=O)(=O)NC3CCC(C(=O)N4CCN(C(=O)O)CC4)CC3)cc2[nH]1. The number of rotatable bonds is 6. The Morgan fingerprint density at radius 3 is 2.31 bits per heavy atom. The standard InChI is InChI=1S/C28H34N4O6S/c1-18-14-19(17-33)2-9-24(18)26-15-21-5-8-23(16-25(21)29-26)39(37,38)30-22-6-3-20(4-7-22)27(34)31-10-12-32(13-11-31)28(35)36/h2,5,8-9,14-16,20,22,29-30,33H,3-4,6-7,10-13,17H2,1H3,(H,35,36). The van der Waals surface area contributed by atoms with E-state index in [0.717, 1.165) is 33.3 Å². The van der Waals surface area contributed by atoms with E-state index in [2.05, 4.69) is 9.71 Å². The van der Waals surface area contributed by atoms with Crippen molar-refractivity contribution in [3.8, 4) is 11.3 Å². The fourth-order valence-corrected chi connectivity index (χ4v) is 7.00. The van der Waals surface area contributed by atoms with Gasteiger partial charge in [-0.2, -0.15) is 0 Å². The third kappa shape index (κ3) is 5.80. The summed E-state index contributed by atoms with van der Waals surface area (Å²) >= 11 is 0. The van der Waals surface area contributed by atoms with Gasteiger partial charge in [0.05, 0.1) is 11.5 Å². The van der Waals surface area contributed by atoms with Crippen LogP contribution < -0.4 is 4.72 Å². The van der Waals surface area contributed by atoms with Crippen LogP contribution in [0.2, 0.25) is 0 Å². The fourth-order valence-electron chi connectivity index (χ4n) is 5.67. The highest BCUT2D eigenvalue weighted by Crippen LogP contribution is 2.30. The highest BCUT2D eigenvalue weighted by molar-refractivity contribution is 7.89. The summed E-state index contributed by atoms with van der Waals surface area (Å²) < 4.78 is 29.3. The zero-order valence-electron chi connectivity index (χ0n) is 21.9. The molecule has 2 aromatic carbocycles. The average molecular weight is 555 g/mol. The van der Waals surface area contributed by atoms with E-state index in [1.165, 1.54) is 4.90 Å². The zero-order valence-corrected chi connectivity index (χ0v) is 22.7. The van der Waals surface area contributed by atoms with E-state index >= 15 is 0 Å². The number of nitrogens with one attached hydrogen (secondary N) is 2. The van der Waals surface area contributed by atoms with E-state index in [0.29, 0.717) is 51.9 Å². The minimum absolute atomic E-state index is 0.0219. The Kier molecular flexibility index (Phi) is 7.66. The van der Waals surface area contributed by atoms with Gasteiger partial charge in [0.15, 0.2) is 0 Å². The van der Waals surface area contributed by atoms with Crippen LogP contribution in [0.1, 0.15) is 36.8 Å². The molecule has 1 saturated heterocycles. The van der Waals surface area contributed by atoms with Crippen LogP contribution in [0.15, 0.2) is 47.4 Å². The number of aliphatic hydroxyl groups excluding tert-OH is 1. The number of carbonyl (C=O) groups excluding carboxylic acids is 1. The normalized spacial score (nSPS) is 20.4. The molecule has 208 valence electrons. The first-order valence-corrected chi connectivity index (χ1v) is 14.8. The summed E-state index contributed by atoms with van der Waals surface area (Å²) in [5, 5.41) is 19.4. The number of sulfonamides is 1. The summed E-state index contributed by atoms with van der Waals surface area (Å²) in [4.78, 5) is 30.6. The third-order valence-electron chi connectivity index (χ3n) is 7.93. The van der Waals surface area contributed by atoms with Crippen LogP contribution >= 0.6 is 0 Å². The molecule has 1 saturated carbocycles. The van der Waals surface area contributed by atoms with Gasteiger partial charge < -0.3 is 25.0 Å². The third-order valence-corrected chi connectivity index (χ3v) is 9.45. The van der Waals surface area contributed by atoms with Crippen molar-refractivity contribution in [3.05, 3.63) is 53.6 Å². The number of aryl methyl sites for hydroxylation is 1. The molecule has 0 atom stereocenters. The molecule has 2 heterocycles. The maximum Gasteiger partial charge on any atom is 0.407 e. The number of amides is 2. The molecule has 2 amide bonds. The Balaban J connectivity index is 1.21. The van der Waals surface area contributed by atoms with Crippen molar-refractivity contribution >= 4 is 32.9 Å². The summed E-state index contributed by atoms with van der Waals surface area (Å²) in [7, 11) is -3.75. The van der Waals surface area contributed by atoms with Crippen LogP contribution in [0.4, 0.5) is 4.79 Å². The lowest BCUT2D eigenvalue weighted by Crippen LogP contribution is -2.52. The first-order chi connectivity index (χ1) is 18.6. The number of nitrogens with zero attached hydrogens (tertiary/aromatic N) is 2. The van der Waals surface area contributed by atoms with Crippen molar-refractivity contribution in [1.82, 2.24) is 19.5 Å². The van der Waals surface area contributed by atoms with E-state index < -0.39 is 16.1 Å². The molecule has 2 aliphatic rings. The first kappa shape index (κ1) is 27.2. The van der Waals surface area contributed by atoms with Crippen LogP contribution in [0.25, 0.3) is 22.2 Å². The van der Waals surface area contributed by atoms with Crippen LogP contribution in [0, 0.1) is 12.8 Å². The smallest absolute Gasteiger partial charge is 0.407 e. The van der Waals surface area contributed by atoms with Crippen molar-refractivity contribution < 1.29 is 28.2 Å². The van der Waals surface area contributed by atoms with Crippen LogP contribution in [0.3, 0.4) is 0 Å². The quantitative estimate of drug-likeness (QED) is 0.368. The van der Waals surface area contributed by atoms with E-state index in [1.807, 2.05) is 31.2 Å². The van der Waals surface area contributed by atoms with E-state index in [4.69, 9.17) is 5.11 Å². The molecule has 0 unspecified atom stereocenters. The molecule has 11 heteroatoms. The minimum Gasteiger partial charge on any atom is -0.465 e. The number of piperazine rings is 1. The van der Waals surface area contributed by atoms with Gasteiger partial charge in [-0.1, -0.05) is 24.3 Å². The van der Waals surface area contributed by atoms with Crippen molar-refractivity contribution in [2.24, 2.45) is 5.92 Å². The lowest BCUT2D eigenvalue weighted by atomic mass is 9.85. The highest BCUT2D eigenvalue weighted by Gasteiger charge is 2.33. The molecule has 5 rings (SSSR count). The topological polar surface area (TPSA) is 143 Å². The minimum atomic E-state index is -3.75. The van der Waals surface area contributed by atoms with Crippen LogP contribution in [-0.2, 0) is 21.4 Å². The molecule has 39 heavy (non-hydrogen) atoms.